The second kappa shape index (κ2) is 6.11. The average Bonchev–Trinajstić information content (AvgIpc) is 2.66. The van der Waals surface area contributed by atoms with E-state index in [2.05, 4.69) is 13.8 Å². The molecule has 1 rings (SSSR count). The van der Waals surface area contributed by atoms with Crippen LogP contribution < -0.4 is 0 Å². The number of rotatable bonds is 6. The van der Waals surface area contributed by atoms with Crippen LogP contribution in [0.1, 0.15) is 46.0 Å². The highest BCUT2D eigenvalue weighted by molar-refractivity contribution is 5.70. The maximum Gasteiger partial charge on any atom is 0.306 e. The Balaban J connectivity index is 2.11. The molecule has 0 spiro atoms. The summed E-state index contributed by atoms with van der Waals surface area (Å²) < 4.78 is 5.69. The Hall–Kier alpha value is -0.570. The lowest BCUT2D eigenvalue weighted by molar-refractivity contribution is -0.141. The van der Waals surface area contributed by atoms with Gasteiger partial charge in [0.15, 0.2) is 0 Å². The number of hydrogen-bond donors (Lipinski definition) is 1. The first kappa shape index (κ1) is 12.5. The van der Waals surface area contributed by atoms with Crippen LogP contribution in [0.3, 0.4) is 0 Å². The molecule has 0 heterocycles. The van der Waals surface area contributed by atoms with Crippen molar-refractivity contribution >= 4 is 5.97 Å². The van der Waals surface area contributed by atoms with Crippen molar-refractivity contribution in [1.82, 2.24) is 0 Å². The molecule has 1 aliphatic carbocycles. The molecule has 0 amide bonds. The van der Waals surface area contributed by atoms with E-state index in [1.807, 2.05) is 0 Å². The monoisotopic (exact) mass is 214 g/mol. The van der Waals surface area contributed by atoms with Crippen molar-refractivity contribution in [3.8, 4) is 0 Å². The Morgan fingerprint density at radius 3 is 2.80 bits per heavy atom. The molecule has 88 valence electrons. The molecule has 3 nitrogen and oxygen atoms in total. The summed E-state index contributed by atoms with van der Waals surface area (Å²) in [7, 11) is 0. The first-order valence-electron chi connectivity index (χ1n) is 5.97. The topological polar surface area (TPSA) is 46.5 Å². The zero-order chi connectivity index (χ0) is 11.3. The fourth-order valence-corrected chi connectivity index (χ4v) is 1.96. The predicted octanol–water partition coefficient (Wildman–Crippen LogP) is 2.69. The Morgan fingerprint density at radius 2 is 2.27 bits per heavy atom. The van der Waals surface area contributed by atoms with Gasteiger partial charge in [0.1, 0.15) is 0 Å². The molecule has 0 aromatic heterocycles. The minimum atomic E-state index is -0.664. The molecule has 0 aromatic carbocycles. The fraction of sp³-hybridized carbons (Fsp3) is 0.917. The van der Waals surface area contributed by atoms with Gasteiger partial charge in [-0.2, -0.15) is 0 Å². The van der Waals surface area contributed by atoms with Crippen LogP contribution in [0.2, 0.25) is 0 Å². The number of ether oxygens (including phenoxy) is 1. The van der Waals surface area contributed by atoms with Gasteiger partial charge in [0.05, 0.1) is 12.0 Å². The zero-order valence-electron chi connectivity index (χ0n) is 9.74. The van der Waals surface area contributed by atoms with Crippen molar-refractivity contribution < 1.29 is 14.6 Å². The van der Waals surface area contributed by atoms with Gasteiger partial charge in [0.2, 0.25) is 0 Å². The van der Waals surface area contributed by atoms with E-state index in [1.54, 1.807) is 0 Å². The number of carbonyl (C=O) groups is 1. The smallest absolute Gasteiger partial charge is 0.306 e. The van der Waals surface area contributed by atoms with Crippen molar-refractivity contribution in [2.75, 3.05) is 6.61 Å². The lowest BCUT2D eigenvalue weighted by Crippen LogP contribution is -2.14. The van der Waals surface area contributed by atoms with Gasteiger partial charge < -0.3 is 9.84 Å². The molecule has 1 saturated carbocycles. The molecule has 0 aromatic rings. The predicted molar refractivity (Wildman–Crippen MR) is 58.8 cm³/mol. The van der Waals surface area contributed by atoms with Crippen LogP contribution >= 0.6 is 0 Å². The maximum absolute atomic E-state index is 10.7. The molecule has 0 aliphatic heterocycles. The first-order valence-corrected chi connectivity index (χ1v) is 5.97. The van der Waals surface area contributed by atoms with Gasteiger partial charge in [-0.15, -0.1) is 0 Å². The molecule has 1 N–H and O–H groups in total. The van der Waals surface area contributed by atoms with Gasteiger partial charge in [-0.1, -0.05) is 20.3 Å². The van der Waals surface area contributed by atoms with Crippen molar-refractivity contribution in [2.45, 2.75) is 52.1 Å². The van der Waals surface area contributed by atoms with Crippen LogP contribution in [-0.4, -0.2) is 23.8 Å². The van der Waals surface area contributed by atoms with Crippen molar-refractivity contribution in [3.05, 3.63) is 0 Å². The number of aliphatic carboxylic acids is 1. The third-order valence-electron chi connectivity index (χ3n) is 3.39. The first-order chi connectivity index (χ1) is 7.13. The molecular formula is C12H22O3. The van der Waals surface area contributed by atoms with Crippen LogP contribution in [0, 0.1) is 11.8 Å². The molecule has 3 heteroatoms. The van der Waals surface area contributed by atoms with E-state index in [0.29, 0.717) is 12.3 Å². The van der Waals surface area contributed by atoms with Crippen molar-refractivity contribution in [3.63, 3.8) is 0 Å². The van der Waals surface area contributed by atoms with Gasteiger partial charge >= 0.3 is 5.97 Å². The quantitative estimate of drug-likeness (QED) is 0.739. The number of carboxylic acid groups (broad SMARTS) is 1. The highest BCUT2D eigenvalue weighted by Gasteiger charge is 2.29. The summed E-state index contributed by atoms with van der Waals surface area (Å²) >= 11 is 0. The SMILES string of the molecule is CCC(C)CCOC1CCC(C(=O)O)C1. The molecule has 3 unspecified atom stereocenters. The summed E-state index contributed by atoms with van der Waals surface area (Å²) in [5.41, 5.74) is 0. The normalized spacial score (nSPS) is 27.9. The second-order valence-corrected chi connectivity index (χ2v) is 4.64. The molecule has 1 aliphatic rings. The summed E-state index contributed by atoms with van der Waals surface area (Å²) in [6.07, 6.45) is 4.86. The van der Waals surface area contributed by atoms with Crippen LogP contribution in [-0.2, 0) is 9.53 Å². The highest BCUT2D eigenvalue weighted by Crippen LogP contribution is 2.28. The van der Waals surface area contributed by atoms with Crippen LogP contribution in [0.15, 0.2) is 0 Å². The van der Waals surface area contributed by atoms with E-state index in [0.717, 1.165) is 25.9 Å². The Labute approximate surface area is 91.8 Å². The van der Waals surface area contributed by atoms with Crippen molar-refractivity contribution in [1.29, 1.82) is 0 Å². The van der Waals surface area contributed by atoms with E-state index in [4.69, 9.17) is 9.84 Å². The van der Waals surface area contributed by atoms with Crippen LogP contribution in [0.4, 0.5) is 0 Å². The van der Waals surface area contributed by atoms with Gasteiger partial charge in [-0.3, -0.25) is 4.79 Å². The Bertz CT molecular complexity index is 203. The minimum absolute atomic E-state index is 0.168. The highest BCUT2D eigenvalue weighted by atomic mass is 16.5. The standard InChI is InChI=1S/C12H22O3/c1-3-9(2)6-7-15-11-5-4-10(8-11)12(13)14/h9-11H,3-8H2,1-2H3,(H,13,14). The summed E-state index contributed by atoms with van der Waals surface area (Å²) in [5, 5.41) is 8.83. The fourth-order valence-electron chi connectivity index (χ4n) is 1.96. The van der Waals surface area contributed by atoms with Crippen molar-refractivity contribution in [2.24, 2.45) is 11.8 Å². The molecule has 0 saturated heterocycles. The van der Waals surface area contributed by atoms with E-state index in [-0.39, 0.29) is 12.0 Å². The third-order valence-corrected chi connectivity index (χ3v) is 3.39. The average molecular weight is 214 g/mol. The van der Waals surface area contributed by atoms with E-state index in [1.165, 1.54) is 6.42 Å². The van der Waals surface area contributed by atoms with Gasteiger partial charge in [-0.05, 0) is 31.6 Å². The van der Waals surface area contributed by atoms with Crippen LogP contribution in [0.25, 0.3) is 0 Å². The summed E-state index contributed by atoms with van der Waals surface area (Å²) in [6.45, 7) is 5.19. The zero-order valence-corrected chi connectivity index (χ0v) is 9.74. The number of hydrogen-bond acceptors (Lipinski definition) is 2. The Kier molecular flexibility index (Phi) is 5.09. The van der Waals surface area contributed by atoms with E-state index < -0.39 is 5.97 Å². The summed E-state index contributed by atoms with van der Waals surface area (Å²) in [4.78, 5) is 10.7. The van der Waals surface area contributed by atoms with E-state index in [9.17, 15) is 4.79 Å². The summed E-state index contributed by atoms with van der Waals surface area (Å²) in [6, 6.07) is 0. The van der Waals surface area contributed by atoms with E-state index >= 15 is 0 Å². The molecule has 0 radical (unpaired) electrons. The lowest BCUT2D eigenvalue weighted by atomic mass is 10.1. The number of carboxylic acids is 1. The van der Waals surface area contributed by atoms with Crippen LogP contribution in [0.5, 0.6) is 0 Å². The van der Waals surface area contributed by atoms with Gasteiger partial charge in [0, 0.05) is 6.61 Å². The molecule has 0 bridgehead atoms. The molecule has 1 fully saturated rings. The molecular weight excluding hydrogens is 192 g/mol. The molecule has 15 heavy (non-hydrogen) atoms. The maximum atomic E-state index is 10.7. The van der Waals surface area contributed by atoms with Gasteiger partial charge in [0.25, 0.3) is 0 Å². The Morgan fingerprint density at radius 1 is 1.53 bits per heavy atom. The second-order valence-electron chi connectivity index (χ2n) is 4.64. The largest absolute Gasteiger partial charge is 0.481 e. The molecule has 3 atom stereocenters. The lowest BCUT2D eigenvalue weighted by Gasteiger charge is -2.13. The minimum Gasteiger partial charge on any atom is -0.481 e. The van der Waals surface area contributed by atoms with Gasteiger partial charge in [-0.25, -0.2) is 0 Å². The third kappa shape index (κ3) is 4.20. The summed E-state index contributed by atoms with van der Waals surface area (Å²) in [5.74, 6) is -0.122.